The molecule has 4 nitrogen and oxygen atoms in total. The van der Waals surface area contributed by atoms with Crippen LogP contribution in [0, 0.1) is 11.3 Å². The molecule has 0 radical (unpaired) electrons. The largest absolute Gasteiger partial charge is 0.379 e. The Morgan fingerprint density at radius 1 is 1.47 bits per heavy atom. The number of benzene rings is 1. The first-order chi connectivity index (χ1) is 8.17. The van der Waals surface area contributed by atoms with Gasteiger partial charge in [-0.25, -0.2) is 0 Å². The van der Waals surface area contributed by atoms with Gasteiger partial charge >= 0.3 is 4.87 Å². The standard InChI is InChI=1S/C11H8BrN3OS/c12-8-1-7(4-13)2-9(3-8)14-5-10-6-17-11(16)15-10/h1-3,6,14H,5H2,(H,15,16). The molecule has 0 spiro atoms. The first-order valence-electron chi connectivity index (χ1n) is 4.78. The molecule has 0 bridgehead atoms. The fourth-order valence-electron chi connectivity index (χ4n) is 1.35. The van der Waals surface area contributed by atoms with Crippen molar-refractivity contribution in [3.8, 4) is 6.07 Å². The highest BCUT2D eigenvalue weighted by atomic mass is 79.9. The SMILES string of the molecule is N#Cc1cc(Br)cc(NCc2csc(=O)[nH]2)c1. The summed E-state index contributed by atoms with van der Waals surface area (Å²) in [5.74, 6) is 0. The van der Waals surface area contributed by atoms with Crippen LogP contribution in [0.5, 0.6) is 0 Å². The second kappa shape index (κ2) is 5.17. The van der Waals surface area contributed by atoms with Gasteiger partial charge in [0.15, 0.2) is 0 Å². The third-order valence-electron chi connectivity index (χ3n) is 2.08. The summed E-state index contributed by atoms with van der Waals surface area (Å²) in [6.45, 7) is 0.528. The van der Waals surface area contributed by atoms with Crippen molar-refractivity contribution in [2.45, 2.75) is 6.54 Å². The maximum absolute atomic E-state index is 10.9. The summed E-state index contributed by atoms with van der Waals surface area (Å²) in [6, 6.07) is 7.47. The Morgan fingerprint density at radius 2 is 2.29 bits per heavy atom. The molecule has 0 aliphatic rings. The lowest BCUT2D eigenvalue weighted by atomic mass is 10.2. The molecule has 0 atom stereocenters. The van der Waals surface area contributed by atoms with Gasteiger partial charge in [0.1, 0.15) is 0 Å². The zero-order chi connectivity index (χ0) is 12.3. The van der Waals surface area contributed by atoms with E-state index in [0.717, 1.165) is 27.2 Å². The average molecular weight is 310 g/mol. The fourth-order valence-corrected chi connectivity index (χ4v) is 2.43. The van der Waals surface area contributed by atoms with E-state index in [2.05, 4.69) is 32.3 Å². The number of nitrogens with one attached hydrogen (secondary N) is 2. The fraction of sp³-hybridized carbons (Fsp3) is 0.0909. The highest BCUT2D eigenvalue weighted by molar-refractivity contribution is 9.10. The molecule has 6 heteroatoms. The first kappa shape index (κ1) is 11.9. The van der Waals surface area contributed by atoms with Gasteiger partial charge in [-0.1, -0.05) is 27.3 Å². The van der Waals surface area contributed by atoms with Crippen molar-refractivity contribution in [3.63, 3.8) is 0 Å². The summed E-state index contributed by atoms with van der Waals surface area (Å²) in [5, 5.41) is 13.8. The summed E-state index contributed by atoms with van der Waals surface area (Å²) in [4.78, 5) is 13.6. The van der Waals surface area contributed by atoms with E-state index >= 15 is 0 Å². The molecule has 1 heterocycles. The number of nitrogens with zero attached hydrogens (tertiary/aromatic N) is 1. The summed E-state index contributed by atoms with van der Waals surface area (Å²) in [5.41, 5.74) is 2.25. The molecule has 0 saturated heterocycles. The summed E-state index contributed by atoms with van der Waals surface area (Å²) in [7, 11) is 0. The highest BCUT2D eigenvalue weighted by Gasteiger charge is 2.00. The Bertz CT molecular complexity index is 626. The lowest BCUT2D eigenvalue weighted by Gasteiger charge is -2.05. The van der Waals surface area contributed by atoms with Gasteiger partial charge in [-0.2, -0.15) is 5.26 Å². The molecule has 17 heavy (non-hydrogen) atoms. The second-order valence-corrected chi connectivity index (χ2v) is 5.13. The van der Waals surface area contributed by atoms with Crippen LogP contribution in [0.4, 0.5) is 5.69 Å². The molecule has 2 aromatic rings. The van der Waals surface area contributed by atoms with Gasteiger partial charge in [-0.3, -0.25) is 4.79 Å². The number of nitriles is 1. The minimum atomic E-state index is -0.0613. The van der Waals surface area contributed by atoms with Crippen LogP contribution in [0.2, 0.25) is 0 Å². The quantitative estimate of drug-likeness (QED) is 0.916. The van der Waals surface area contributed by atoms with Gasteiger partial charge in [-0.15, -0.1) is 0 Å². The van der Waals surface area contributed by atoms with Crippen LogP contribution < -0.4 is 10.2 Å². The Labute approximate surface area is 110 Å². The zero-order valence-electron chi connectivity index (χ0n) is 8.66. The number of rotatable bonds is 3. The van der Waals surface area contributed by atoms with Crippen LogP contribution in [-0.2, 0) is 6.54 Å². The Kier molecular flexibility index (Phi) is 3.61. The molecule has 0 unspecified atom stereocenters. The van der Waals surface area contributed by atoms with Crippen molar-refractivity contribution < 1.29 is 0 Å². The molecule has 1 aromatic carbocycles. The number of hydrogen-bond donors (Lipinski definition) is 2. The molecule has 0 amide bonds. The molecular formula is C11H8BrN3OS. The van der Waals surface area contributed by atoms with E-state index in [1.54, 1.807) is 17.5 Å². The van der Waals surface area contributed by atoms with E-state index in [0.29, 0.717) is 12.1 Å². The van der Waals surface area contributed by atoms with Crippen LogP contribution in [0.25, 0.3) is 0 Å². The van der Waals surface area contributed by atoms with Gasteiger partial charge < -0.3 is 10.3 Å². The molecule has 1 aromatic heterocycles. The van der Waals surface area contributed by atoms with Crippen molar-refractivity contribution in [2.24, 2.45) is 0 Å². The van der Waals surface area contributed by atoms with Gasteiger partial charge in [0.25, 0.3) is 0 Å². The Balaban J connectivity index is 2.11. The van der Waals surface area contributed by atoms with Crippen molar-refractivity contribution >= 4 is 33.0 Å². The molecule has 0 fully saturated rings. The van der Waals surface area contributed by atoms with Gasteiger partial charge in [0, 0.05) is 21.2 Å². The van der Waals surface area contributed by atoms with E-state index in [-0.39, 0.29) is 4.87 Å². The van der Waals surface area contributed by atoms with Gasteiger partial charge in [0.05, 0.1) is 18.2 Å². The van der Waals surface area contributed by atoms with Gasteiger partial charge in [0.2, 0.25) is 0 Å². The van der Waals surface area contributed by atoms with Crippen LogP contribution in [0.1, 0.15) is 11.3 Å². The van der Waals surface area contributed by atoms with Crippen LogP contribution in [0.15, 0.2) is 32.8 Å². The molecule has 86 valence electrons. The first-order valence-corrected chi connectivity index (χ1v) is 6.46. The molecule has 0 aliphatic carbocycles. The number of halogens is 1. The van der Waals surface area contributed by atoms with E-state index in [1.165, 1.54) is 0 Å². The third kappa shape index (κ3) is 3.19. The molecule has 2 rings (SSSR count). The normalized spacial score (nSPS) is 9.88. The predicted molar refractivity (Wildman–Crippen MR) is 71.1 cm³/mol. The average Bonchev–Trinajstić information content (AvgIpc) is 2.72. The van der Waals surface area contributed by atoms with Crippen molar-refractivity contribution in [3.05, 3.63) is 49.0 Å². The Morgan fingerprint density at radius 3 is 2.94 bits per heavy atom. The van der Waals surface area contributed by atoms with E-state index in [4.69, 9.17) is 5.26 Å². The summed E-state index contributed by atoms with van der Waals surface area (Å²) in [6.07, 6.45) is 0. The predicted octanol–water partition coefficient (Wildman–Crippen LogP) is 2.68. The minimum absolute atomic E-state index is 0.0613. The van der Waals surface area contributed by atoms with Crippen LogP contribution in [-0.4, -0.2) is 4.98 Å². The summed E-state index contributed by atoms with van der Waals surface area (Å²) >= 11 is 4.47. The van der Waals surface area contributed by atoms with Crippen molar-refractivity contribution in [1.29, 1.82) is 5.26 Å². The van der Waals surface area contributed by atoms with Crippen LogP contribution >= 0.6 is 27.3 Å². The van der Waals surface area contributed by atoms with Crippen molar-refractivity contribution in [1.82, 2.24) is 4.98 Å². The minimum Gasteiger partial charge on any atom is -0.379 e. The number of anilines is 1. The topological polar surface area (TPSA) is 68.7 Å². The maximum atomic E-state index is 10.9. The second-order valence-electron chi connectivity index (χ2n) is 3.37. The van der Waals surface area contributed by atoms with E-state index in [9.17, 15) is 4.79 Å². The molecule has 0 saturated carbocycles. The maximum Gasteiger partial charge on any atom is 0.304 e. The Hall–Kier alpha value is -1.58. The number of aromatic amines is 1. The number of thiazole rings is 1. The van der Waals surface area contributed by atoms with Crippen LogP contribution in [0.3, 0.4) is 0 Å². The third-order valence-corrected chi connectivity index (χ3v) is 3.26. The zero-order valence-corrected chi connectivity index (χ0v) is 11.1. The van der Waals surface area contributed by atoms with E-state index < -0.39 is 0 Å². The summed E-state index contributed by atoms with van der Waals surface area (Å²) < 4.78 is 0.845. The van der Waals surface area contributed by atoms with Gasteiger partial charge in [-0.05, 0) is 18.2 Å². The molecular weight excluding hydrogens is 302 g/mol. The monoisotopic (exact) mass is 309 g/mol. The van der Waals surface area contributed by atoms with E-state index in [1.807, 2.05) is 6.07 Å². The van der Waals surface area contributed by atoms with Crippen molar-refractivity contribution in [2.75, 3.05) is 5.32 Å². The number of aromatic nitrogens is 1. The smallest absolute Gasteiger partial charge is 0.304 e. The molecule has 0 aliphatic heterocycles. The number of H-pyrrole nitrogens is 1. The lowest BCUT2D eigenvalue weighted by molar-refractivity contribution is 1.06. The lowest BCUT2D eigenvalue weighted by Crippen LogP contribution is -2.02. The number of hydrogen-bond acceptors (Lipinski definition) is 4. The highest BCUT2D eigenvalue weighted by Crippen LogP contribution is 2.19. The molecule has 2 N–H and O–H groups in total.